The van der Waals surface area contributed by atoms with Crippen molar-refractivity contribution < 1.29 is 23.8 Å². The Labute approximate surface area is 147 Å². The molecule has 2 atom stereocenters. The fraction of sp³-hybridized carbons (Fsp3) is 0.579. The van der Waals surface area contributed by atoms with E-state index in [9.17, 15) is 9.59 Å². The predicted octanol–water partition coefficient (Wildman–Crippen LogP) is 2.60. The standard InChI is InChI=1S/C19H25NO5/c1-13(18(21)20-14-8-4-2-3-5-9-14)24-19(22)17-12-23-15-10-6-7-11-16(15)25-17/h6-7,10-11,13-14,17H,2-5,8-9,12H2,1H3,(H,20,21)/t13-,17-/m1/s1. The van der Waals surface area contributed by atoms with Crippen molar-refractivity contribution in [3.05, 3.63) is 24.3 Å². The van der Waals surface area contributed by atoms with Crippen molar-refractivity contribution in [2.45, 2.75) is 63.7 Å². The van der Waals surface area contributed by atoms with E-state index in [4.69, 9.17) is 14.2 Å². The van der Waals surface area contributed by atoms with Gasteiger partial charge in [-0.05, 0) is 31.9 Å². The summed E-state index contributed by atoms with van der Waals surface area (Å²) in [5.74, 6) is 0.271. The van der Waals surface area contributed by atoms with Crippen LogP contribution in [0, 0.1) is 0 Å². The number of carbonyl (C=O) groups is 2. The number of para-hydroxylation sites is 2. The second kappa shape index (κ2) is 8.23. The zero-order valence-electron chi connectivity index (χ0n) is 14.5. The summed E-state index contributed by atoms with van der Waals surface area (Å²) >= 11 is 0. The van der Waals surface area contributed by atoms with Gasteiger partial charge in [-0.1, -0.05) is 37.8 Å². The van der Waals surface area contributed by atoms with Gasteiger partial charge in [0.1, 0.15) is 6.61 Å². The summed E-state index contributed by atoms with van der Waals surface area (Å²) in [6.45, 7) is 1.66. The second-order valence-electron chi connectivity index (χ2n) is 6.64. The fourth-order valence-corrected chi connectivity index (χ4v) is 3.18. The number of carbonyl (C=O) groups excluding carboxylic acids is 2. The molecule has 0 radical (unpaired) electrons. The third kappa shape index (κ3) is 4.65. The van der Waals surface area contributed by atoms with Gasteiger partial charge in [-0.15, -0.1) is 0 Å². The summed E-state index contributed by atoms with van der Waals surface area (Å²) < 4.78 is 16.4. The van der Waals surface area contributed by atoms with Gasteiger partial charge in [0, 0.05) is 6.04 Å². The van der Waals surface area contributed by atoms with Crippen molar-refractivity contribution in [2.24, 2.45) is 0 Å². The minimum absolute atomic E-state index is 0.0762. The van der Waals surface area contributed by atoms with E-state index in [1.807, 2.05) is 6.07 Å². The van der Waals surface area contributed by atoms with Crippen LogP contribution in [0.3, 0.4) is 0 Å². The van der Waals surface area contributed by atoms with Crippen molar-refractivity contribution in [1.29, 1.82) is 0 Å². The number of fused-ring (bicyclic) bond motifs is 1. The Morgan fingerprint density at radius 3 is 2.52 bits per heavy atom. The Morgan fingerprint density at radius 1 is 1.12 bits per heavy atom. The first-order chi connectivity index (χ1) is 12.1. The van der Waals surface area contributed by atoms with Crippen LogP contribution in [0.15, 0.2) is 24.3 Å². The molecule has 3 rings (SSSR count). The predicted molar refractivity (Wildman–Crippen MR) is 91.5 cm³/mol. The summed E-state index contributed by atoms with van der Waals surface area (Å²) in [7, 11) is 0. The summed E-state index contributed by atoms with van der Waals surface area (Å²) in [6.07, 6.45) is 4.97. The van der Waals surface area contributed by atoms with E-state index in [1.165, 1.54) is 12.8 Å². The van der Waals surface area contributed by atoms with E-state index in [1.54, 1.807) is 25.1 Å². The van der Waals surface area contributed by atoms with E-state index in [0.29, 0.717) is 11.5 Å². The highest BCUT2D eigenvalue weighted by molar-refractivity contribution is 5.85. The van der Waals surface area contributed by atoms with Crippen LogP contribution in [-0.4, -0.2) is 36.7 Å². The van der Waals surface area contributed by atoms with Gasteiger partial charge in [0.2, 0.25) is 6.10 Å². The number of rotatable bonds is 4. The van der Waals surface area contributed by atoms with Crippen LogP contribution in [0.1, 0.15) is 45.4 Å². The lowest BCUT2D eigenvalue weighted by molar-refractivity contribution is -0.163. The summed E-state index contributed by atoms with van der Waals surface area (Å²) in [6, 6.07) is 7.33. The van der Waals surface area contributed by atoms with Gasteiger partial charge in [0.25, 0.3) is 5.91 Å². The van der Waals surface area contributed by atoms with Gasteiger partial charge >= 0.3 is 5.97 Å². The lowest BCUT2D eigenvalue weighted by Crippen LogP contribution is -2.45. The summed E-state index contributed by atoms with van der Waals surface area (Å²) in [5.41, 5.74) is 0. The molecule has 0 aromatic heterocycles. The first kappa shape index (κ1) is 17.6. The number of nitrogens with one attached hydrogen (secondary N) is 1. The zero-order valence-corrected chi connectivity index (χ0v) is 14.5. The number of hydrogen-bond acceptors (Lipinski definition) is 5. The average molecular weight is 347 g/mol. The normalized spacial score (nSPS) is 21.7. The van der Waals surface area contributed by atoms with E-state index in [0.717, 1.165) is 25.7 Å². The summed E-state index contributed by atoms with van der Waals surface area (Å²) in [4.78, 5) is 24.5. The molecule has 1 saturated carbocycles. The Bertz CT molecular complexity index is 610. The Kier molecular flexibility index (Phi) is 5.79. The molecule has 136 valence electrons. The third-order valence-corrected chi connectivity index (χ3v) is 4.64. The molecule has 25 heavy (non-hydrogen) atoms. The minimum Gasteiger partial charge on any atom is -0.485 e. The molecule has 1 fully saturated rings. The lowest BCUT2D eigenvalue weighted by atomic mass is 10.1. The van der Waals surface area contributed by atoms with Crippen LogP contribution in [0.5, 0.6) is 11.5 Å². The molecule has 0 saturated heterocycles. The maximum atomic E-state index is 12.3. The first-order valence-electron chi connectivity index (χ1n) is 9.03. The number of amides is 1. The van der Waals surface area contributed by atoms with Gasteiger partial charge < -0.3 is 19.5 Å². The van der Waals surface area contributed by atoms with Crippen LogP contribution in [0.4, 0.5) is 0 Å². The van der Waals surface area contributed by atoms with Gasteiger partial charge in [0.15, 0.2) is 17.6 Å². The smallest absolute Gasteiger partial charge is 0.351 e. The van der Waals surface area contributed by atoms with Crippen molar-refractivity contribution >= 4 is 11.9 Å². The molecule has 0 bridgehead atoms. The van der Waals surface area contributed by atoms with Crippen LogP contribution in [-0.2, 0) is 14.3 Å². The molecule has 1 aliphatic carbocycles. The highest BCUT2D eigenvalue weighted by Crippen LogP contribution is 2.31. The topological polar surface area (TPSA) is 73.9 Å². The third-order valence-electron chi connectivity index (χ3n) is 4.64. The Hall–Kier alpha value is -2.24. The molecule has 1 amide bonds. The van der Waals surface area contributed by atoms with E-state index in [-0.39, 0.29) is 18.6 Å². The summed E-state index contributed by atoms with van der Waals surface area (Å²) in [5, 5.41) is 2.99. The van der Waals surface area contributed by atoms with E-state index >= 15 is 0 Å². The van der Waals surface area contributed by atoms with Crippen molar-refractivity contribution in [2.75, 3.05) is 6.61 Å². The molecule has 0 unspecified atom stereocenters. The Balaban J connectivity index is 1.49. The maximum absolute atomic E-state index is 12.3. The first-order valence-corrected chi connectivity index (χ1v) is 9.03. The number of hydrogen-bond donors (Lipinski definition) is 1. The molecule has 1 aromatic carbocycles. The highest BCUT2D eigenvalue weighted by atomic mass is 16.6. The van der Waals surface area contributed by atoms with E-state index in [2.05, 4.69) is 5.32 Å². The number of esters is 1. The quantitative estimate of drug-likeness (QED) is 0.669. The highest BCUT2D eigenvalue weighted by Gasteiger charge is 2.31. The molecule has 0 spiro atoms. The van der Waals surface area contributed by atoms with Gasteiger partial charge in [-0.3, -0.25) is 4.79 Å². The average Bonchev–Trinajstić information content (AvgIpc) is 2.89. The van der Waals surface area contributed by atoms with Gasteiger partial charge in [0.05, 0.1) is 0 Å². The molecular formula is C19H25NO5. The molecule has 6 nitrogen and oxygen atoms in total. The molecule has 6 heteroatoms. The second-order valence-corrected chi connectivity index (χ2v) is 6.64. The van der Waals surface area contributed by atoms with Crippen LogP contribution >= 0.6 is 0 Å². The number of ether oxygens (including phenoxy) is 3. The van der Waals surface area contributed by atoms with Crippen LogP contribution in [0.25, 0.3) is 0 Å². The van der Waals surface area contributed by atoms with Crippen LogP contribution in [0.2, 0.25) is 0 Å². The molecule has 2 aliphatic rings. The molecule has 1 aliphatic heterocycles. The van der Waals surface area contributed by atoms with Crippen molar-refractivity contribution in [3.8, 4) is 11.5 Å². The van der Waals surface area contributed by atoms with E-state index < -0.39 is 18.2 Å². The molecule has 1 heterocycles. The monoisotopic (exact) mass is 347 g/mol. The van der Waals surface area contributed by atoms with Gasteiger partial charge in [-0.2, -0.15) is 0 Å². The largest absolute Gasteiger partial charge is 0.485 e. The minimum atomic E-state index is -0.858. The van der Waals surface area contributed by atoms with Crippen molar-refractivity contribution in [3.63, 3.8) is 0 Å². The molecule has 1 N–H and O–H groups in total. The fourth-order valence-electron chi connectivity index (χ4n) is 3.18. The lowest BCUT2D eigenvalue weighted by Gasteiger charge is -2.26. The van der Waals surface area contributed by atoms with Crippen LogP contribution < -0.4 is 14.8 Å². The molecule has 1 aromatic rings. The van der Waals surface area contributed by atoms with Crippen molar-refractivity contribution in [1.82, 2.24) is 5.32 Å². The maximum Gasteiger partial charge on any atom is 0.351 e. The SMILES string of the molecule is C[C@@H](OC(=O)[C@H]1COc2ccccc2O1)C(=O)NC1CCCCCC1. The molecular weight excluding hydrogens is 322 g/mol. The van der Waals surface area contributed by atoms with Gasteiger partial charge in [-0.25, -0.2) is 4.79 Å². The zero-order chi connectivity index (χ0) is 17.6. The Morgan fingerprint density at radius 2 is 1.80 bits per heavy atom. The number of benzene rings is 1.